The lowest BCUT2D eigenvalue weighted by Crippen LogP contribution is -2.29. The van der Waals surface area contributed by atoms with E-state index in [0.717, 1.165) is 32.5 Å². The lowest BCUT2D eigenvalue weighted by Gasteiger charge is -2.27. The summed E-state index contributed by atoms with van der Waals surface area (Å²) in [5.41, 5.74) is 5.82. The minimum absolute atomic E-state index is 1.07. The Kier molecular flexibility index (Phi) is 3.39. The van der Waals surface area contributed by atoms with Gasteiger partial charge in [0.15, 0.2) is 0 Å². The molecule has 1 aliphatic heterocycles. The Morgan fingerprint density at radius 2 is 1.80 bits per heavy atom. The fraction of sp³-hybridized carbons (Fsp3) is 0.357. The van der Waals surface area contributed by atoms with Crippen LogP contribution in [-0.4, -0.2) is 18.0 Å². The van der Waals surface area contributed by atoms with Gasteiger partial charge in [-0.25, -0.2) is 0 Å². The van der Waals surface area contributed by atoms with Crippen molar-refractivity contribution in [3.05, 3.63) is 53.8 Å². The monoisotopic (exact) mass is 199 g/mol. The van der Waals surface area contributed by atoms with Gasteiger partial charge in [-0.3, -0.25) is 4.90 Å². The molecule has 1 nitrogen and oxygen atoms in total. The maximum absolute atomic E-state index is 3.71. The number of rotatable bonds is 2. The number of hydrogen-bond donors (Lipinski definition) is 0. The Morgan fingerprint density at radius 3 is 2.40 bits per heavy atom. The van der Waals surface area contributed by atoms with Gasteiger partial charge in [-0.2, -0.15) is 0 Å². The van der Waals surface area contributed by atoms with Crippen LogP contribution in [0.2, 0.25) is 0 Å². The zero-order valence-electron chi connectivity index (χ0n) is 9.08. The maximum Gasteiger partial charge on any atom is 0.0233 e. The lowest BCUT2D eigenvalue weighted by atomic mass is 10.0. The summed E-state index contributed by atoms with van der Waals surface area (Å²) in [6.07, 6.45) is 2.27. The van der Waals surface area contributed by atoms with Gasteiger partial charge in [-0.15, -0.1) is 5.73 Å². The first-order valence-electron chi connectivity index (χ1n) is 5.52. The molecule has 0 spiro atoms. The zero-order chi connectivity index (χ0) is 10.5. The first kappa shape index (κ1) is 10.2. The van der Waals surface area contributed by atoms with Gasteiger partial charge in [0.2, 0.25) is 0 Å². The van der Waals surface area contributed by atoms with Gasteiger partial charge in [0, 0.05) is 19.6 Å². The van der Waals surface area contributed by atoms with Crippen molar-refractivity contribution in [1.29, 1.82) is 0 Å². The molecule has 1 saturated heterocycles. The molecule has 78 valence electrons. The van der Waals surface area contributed by atoms with E-state index in [2.05, 4.69) is 47.5 Å². The van der Waals surface area contributed by atoms with Crippen LogP contribution in [0.3, 0.4) is 0 Å². The molecule has 0 aliphatic carbocycles. The molecular formula is C14H17N. The van der Waals surface area contributed by atoms with Crippen molar-refractivity contribution in [3.63, 3.8) is 0 Å². The third kappa shape index (κ3) is 2.82. The minimum atomic E-state index is 1.07. The standard InChI is InChI=1S/C14H17N/c1-2-13-8-10-15(11-9-13)12-14-6-4-3-5-7-14/h3-7H,1,8-12H2. The van der Waals surface area contributed by atoms with Gasteiger partial charge in [0.1, 0.15) is 0 Å². The largest absolute Gasteiger partial charge is 0.298 e. The van der Waals surface area contributed by atoms with Crippen molar-refractivity contribution in [2.75, 3.05) is 13.1 Å². The normalized spacial score (nSPS) is 17.5. The predicted octanol–water partition coefficient (Wildman–Crippen LogP) is 2.99. The van der Waals surface area contributed by atoms with Crippen LogP contribution in [0.1, 0.15) is 18.4 Å². The van der Waals surface area contributed by atoms with Crippen LogP contribution in [0.5, 0.6) is 0 Å². The Balaban J connectivity index is 1.90. The highest BCUT2D eigenvalue weighted by atomic mass is 15.1. The van der Waals surface area contributed by atoms with Crippen molar-refractivity contribution in [2.24, 2.45) is 0 Å². The van der Waals surface area contributed by atoms with Crippen LogP contribution >= 0.6 is 0 Å². The highest BCUT2D eigenvalue weighted by molar-refractivity contribution is 5.15. The van der Waals surface area contributed by atoms with Gasteiger partial charge < -0.3 is 0 Å². The van der Waals surface area contributed by atoms with E-state index in [9.17, 15) is 0 Å². The molecule has 1 heteroatoms. The Morgan fingerprint density at radius 1 is 1.13 bits per heavy atom. The number of benzene rings is 1. The second-order valence-corrected chi connectivity index (χ2v) is 4.04. The van der Waals surface area contributed by atoms with Gasteiger partial charge in [-0.1, -0.05) is 36.9 Å². The number of likely N-dealkylation sites (tertiary alicyclic amines) is 1. The summed E-state index contributed by atoms with van der Waals surface area (Å²) in [4.78, 5) is 2.50. The molecule has 2 rings (SSSR count). The molecule has 1 aromatic carbocycles. The molecular weight excluding hydrogens is 182 g/mol. The molecule has 0 radical (unpaired) electrons. The Labute approximate surface area is 91.7 Å². The van der Waals surface area contributed by atoms with E-state index < -0.39 is 0 Å². The molecule has 1 heterocycles. The predicted molar refractivity (Wildman–Crippen MR) is 63.6 cm³/mol. The van der Waals surface area contributed by atoms with Crippen LogP contribution in [0, 0.1) is 0 Å². The van der Waals surface area contributed by atoms with Crippen LogP contribution in [0.4, 0.5) is 0 Å². The molecule has 1 fully saturated rings. The van der Waals surface area contributed by atoms with Crippen LogP contribution in [0.15, 0.2) is 48.2 Å². The maximum atomic E-state index is 3.71. The van der Waals surface area contributed by atoms with Gasteiger partial charge in [-0.05, 0) is 24.0 Å². The van der Waals surface area contributed by atoms with E-state index in [-0.39, 0.29) is 0 Å². The average molecular weight is 199 g/mol. The van der Waals surface area contributed by atoms with Crippen LogP contribution < -0.4 is 0 Å². The van der Waals surface area contributed by atoms with E-state index in [1.165, 1.54) is 11.1 Å². The molecule has 0 N–H and O–H groups in total. The molecule has 0 bridgehead atoms. The van der Waals surface area contributed by atoms with Crippen molar-refractivity contribution in [1.82, 2.24) is 4.90 Å². The first-order valence-corrected chi connectivity index (χ1v) is 5.52. The second-order valence-electron chi connectivity index (χ2n) is 4.04. The lowest BCUT2D eigenvalue weighted by molar-refractivity contribution is 0.248. The van der Waals surface area contributed by atoms with Gasteiger partial charge in [0.25, 0.3) is 0 Å². The first-order chi connectivity index (χ1) is 7.38. The SMILES string of the molecule is C=C=C1CCN(Cc2ccccc2)CC1. The van der Waals surface area contributed by atoms with Gasteiger partial charge >= 0.3 is 0 Å². The molecule has 15 heavy (non-hydrogen) atoms. The highest BCUT2D eigenvalue weighted by Crippen LogP contribution is 2.16. The minimum Gasteiger partial charge on any atom is -0.298 e. The number of nitrogens with zero attached hydrogens (tertiary/aromatic N) is 1. The van der Waals surface area contributed by atoms with Crippen LogP contribution in [-0.2, 0) is 6.54 Å². The topological polar surface area (TPSA) is 3.24 Å². The smallest absolute Gasteiger partial charge is 0.0233 e. The van der Waals surface area contributed by atoms with E-state index in [0.29, 0.717) is 0 Å². The van der Waals surface area contributed by atoms with E-state index in [1.54, 1.807) is 0 Å². The molecule has 0 aromatic heterocycles. The average Bonchev–Trinajstić information content (AvgIpc) is 2.31. The van der Waals surface area contributed by atoms with Crippen molar-refractivity contribution in [2.45, 2.75) is 19.4 Å². The third-order valence-electron chi connectivity index (χ3n) is 2.96. The molecule has 0 amide bonds. The molecule has 1 aliphatic rings. The zero-order valence-corrected chi connectivity index (χ0v) is 9.08. The number of hydrogen-bond acceptors (Lipinski definition) is 1. The summed E-state index contributed by atoms with van der Waals surface area (Å²) in [6.45, 7) is 7.08. The molecule has 0 atom stereocenters. The second kappa shape index (κ2) is 4.97. The molecule has 0 unspecified atom stereocenters. The summed E-state index contributed by atoms with van der Waals surface area (Å²) >= 11 is 0. The fourth-order valence-corrected chi connectivity index (χ4v) is 2.00. The van der Waals surface area contributed by atoms with Gasteiger partial charge in [0.05, 0.1) is 0 Å². The van der Waals surface area contributed by atoms with E-state index in [1.807, 2.05) is 0 Å². The summed E-state index contributed by atoms with van der Waals surface area (Å²) in [7, 11) is 0. The fourth-order valence-electron chi connectivity index (χ4n) is 2.00. The summed E-state index contributed by atoms with van der Waals surface area (Å²) < 4.78 is 0. The van der Waals surface area contributed by atoms with Crippen molar-refractivity contribution in [3.8, 4) is 0 Å². The number of piperidine rings is 1. The van der Waals surface area contributed by atoms with Crippen molar-refractivity contribution < 1.29 is 0 Å². The van der Waals surface area contributed by atoms with Crippen LogP contribution in [0.25, 0.3) is 0 Å². The highest BCUT2D eigenvalue weighted by Gasteiger charge is 2.13. The Bertz CT molecular complexity index is 350. The Hall–Kier alpha value is -1.30. The third-order valence-corrected chi connectivity index (χ3v) is 2.96. The quantitative estimate of drug-likeness (QED) is 0.662. The summed E-state index contributed by atoms with van der Waals surface area (Å²) in [6, 6.07) is 10.7. The summed E-state index contributed by atoms with van der Waals surface area (Å²) in [5.74, 6) is 0. The molecule has 0 saturated carbocycles. The summed E-state index contributed by atoms with van der Waals surface area (Å²) in [5, 5.41) is 0. The van der Waals surface area contributed by atoms with E-state index in [4.69, 9.17) is 0 Å². The molecule has 1 aromatic rings. The van der Waals surface area contributed by atoms with E-state index >= 15 is 0 Å². The van der Waals surface area contributed by atoms with Crippen molar-refractivity contribution >= 4 is 0 Å².